The Labute approximate surface area is 165 Å². The van der Waals surface area contributed by atoms with Crippen molar-refractivity contribution in [2.45, 2.75) is 0 Å². The van der Waals surface area contributed by atoms with Gasteiger partial charge in [0, 0.05) is 0 Å². The monoisotopic (exact) mass is 568 g/mol. The summed E-state index contributed by atoms with van der Waals surface area (Å²) in [7, 11) is 52.6. The van der Waals surface area contributed by atoms with Gasteiger partial charge in [0.15, 0.2) is 0 Å². The predicted molar refractivity (Wildman–Crippen MR) is 140 cm³/mol. The number of halogens is 3. The molecule has 20 heavy (non-hydrogen) atoms. The molecule has 0 N–H and O–H groups in total. The molecule has 0 rings (SSSR count). The van der Waals surface area contributed by atoms with Crippen LogP contribution >= 0.6 is 48.9 Å². The topological polar surface area (TPSA) is 0 Å². The number of hydrogen-bond acceptors (Lipinski definition) is 0. The number of hydrogen-bond donors (Lipinski definition) is 0. The van der Waals surface area contributed by atoms with E-state index in [1.54, 1.807) is 0 Å². The summed E-state index contributed by atoms with van der Waals surface area (Å²) in [5.41, 5.74) is 0. The van der Waals surface area contributed by atoms with Crippen molar-refractivity contribution in [3.8, 4) is 0 Å². The average Bonchev–Trinajstić information content (AvgIpc) is 2.25. The van der Waals surface area contributed by atoms with E-state index >= 15 is 0 Å². The molecule has 0 heterocycles. The fourth-order valence-electron chi connectivity index (χ4n) is 2.10. The summed E-state index contributed by atoms with van der Waals surface area (Å²) in [5.74, 6) is 0. The Morgan fingerprint density at radius 2 is 0.900 bits per heavy atom. The van der Waals surface area contributed by atoms with E-state index in [1.807, 2.05) is 0 Å². The van der Waals surface area contributed by atoms with Crippen LogP contribution in [0, 0.1) is 0 Å². The van der Waals surface area contributed by atoms with Crippen LogP contribution in [0.2, 0.25) is 0 Å². The summed E-state index contributed by atoms with van der Waals surface area (Å²) in [6, 6.07) is 0. The second-order valence-corrected chi connectivity index (χ2v) is 29.6. The van der Waals surface area contributed by atoms with Crippen molar-refractivity contribution in [2.75, 3.05) is 0 Å². The van der Waals surface area contributed by atoms with Crippen molar-refractivity contribution in [1.82, 2.24) is 0 Å². The molecule has 72 valence electrons. The minimum absolute atomic E-state index is 0.0648. The quantitative estimate of drug-likeness (QED) is 0.210. The molecule has 0 saturated heterocycles. The molecule has 0 atom stereocenters. The zero-order chi connectivity index (χ0) is 16.2. The molecule has 0 aliphatic heterocycles. The van der Waals surface area contributed by atoms with Crippen molar-refractivity contribution in [2.24, 2.45) is 0 Å². The van der Waals surface area contributed by atoms with Crippen molar-refractivity contribution >= 4 is 168 Å². The Bertz CT molecular complexity index is 251. The summed E-state index contributed by atoms with van der Waals surface area (Å²) in [6.07, 6.45) is -4.09. The van der Waals surface area contributed by atoms with Crippen LogP contribution in [0.25, 0.3) is 0 Å². The van der Waals surface area contributed by atoms with E-state index in [-0.39, 0.29) is 17.1 Å². The van der Waals surface area contributed by atoms with Gasteiger partial charge in [-0.1, -0.05) is 0 Å². The van der Waals surface area contributed by atoms with Crippen molar-refractivity contribution in [1.29, 1.82) is 0 Å². The summed E-state index contributed by atoms with van der Waals surface area (Å²) in [5, 5.41) is 0. The van der Waals surface area contributed by atoms with E-state index in [0.29, 0.717) is 0 Å². The summed E-state index contributed by atoms with van der Waals surface area (Å²) in [4.78, 5) is 0. The second-order valence-electron chi connectivity index (χ2n) is 4.70. The molecule has 0 unspecified atom stereocenters. The SMILES string of the molecule is [B]B([B])B([B])B(B([B])[B])B(B(B([B])[B])B([B])[B])I(I)I. The Morgan fingerprint density at radius 1 is 0.550 bits per heavy atom. The maximum atomic E-state index is 6.08. The predicted octanol–water partition coefficient (Wildman–Crippen LogP) is -3.82. The Hall–Kier alpha value is 3.29. The molecule has 0 aliphatic rings. The minimum atomic E-state index is -1.58. The van der Waals surface area contributed by atoms with E-state index in [0.717, 1.165) is 0 Å². The first-order valence-corrected chi connectivity index (χ1v) is 19.7. The van der Waals surface area contributed by atoms with Gasteiger partial charge in [0.1, 0.15) is 0 Å². The standard InChI is InChI=1S/B17I3/c1-10(2)14(9)16(13(7)8)17(20(18)19)15(11(3)4)12(5)6. The normalized spacial score (nSPS) is 10.2. The zero-order valence-corrected chi connectivity index (χ0v) is 17.4. The molecule has 0 fully saturated rings. The van der Waals surface area contributed by atoms with Crippen LogP contribution in [0.1, 0.15) is 0 Å². The van der Waals surface area contributed by atoms with Crippen LogP contribution < -0.4 is 0 Å². The fraction of sp³-hybridized carbons (Fsp3) is 0. The molecule has 0 spiro atoms. The van der Waals surface area contributed by atoms with Gasteiger partial charge in [0.2, 0.25) is 0 Å². The molecule has 0 nitrogen and oxygen atoms in total. The molecule has 0 aromatic carbocycles. The molecule has 0 saturated carbocycles. The van der Waals surface area contributed by atoms with Crippen molar-refractivity contribution in [3.05, 3.63) is 0 Å². The van der Waals surface area contributed by atoms with Gasteiger partial charge < -0.3 is 0 Å². The van der Waals surface area contributed by atoms with E-state index < -0.39 is 43.6 Å². The summed E-state index contributed by atoms with van der Waals surface area (Å²) in [6.45, 7) is 0. The van der Waals surface area contributed by atoms with Crippen LogP contribution in [0.5, 0.6) is 0 Å². The van der Waals surface area contributed by atoms with Gasteiger partial charge in [-0.3, -0.25) is 0 Å². The Morgan fingerprint density at radius 3 is 1.10 bits per heavy atom. The fourth-order valence-corrected chi connectivity index (χ4v) is 13.7. The number of rotatable bonds is 8. The van der Waals surface area contributed by atoms with Crippen molar-refractivity contribution < 1.29 is 0 Å². The van der Waals surface area contributed by atoms with Crippen LogP contribution in [0.4, 0.5) is 0 Å². The van der Waals surface area contributed by atoms with Crippen molar-refractivity contribution in [3.63, 3.8) is 0 Å². The van der Waals surface area contributed by atoms with Crippen LogP contribution in [-0.4, -0.2) is 119 Å². The summed E-state index contributed by atoms with van der Waals surface area (Å²) >= 11 is 3.15. The van der Waals surface area contributed by atoms with Gasteiger partial charge in [-0.05, 0) is 0 Å². The average molecular weight is 565 g/mol. The molecule has 0 amide bonds. The third-order valence-corrected chi connectivity index (χ3v) is 13.2. The van der Waals surface area contributed by atoms with E-state index in [4.69, 9.17) is 69.6 Å². The van der Waals surface area contributed by atoms with Gasteiger partial charge in [-0.25, -0.2) is 0 Å². The Balaban J connectivity index is 5.59. The molecule has 20 heteroatoms. The zero-order valence-electron chi connectivity index (χ0n) is 10.9. The van der Waals surface area contributed by atoms with Crippen LogP contribution in [0.15, 0.2) is 0 Å². The molecule has 18 radical (unpaired) electrons. The molecule has 0 aromatic rings. The third-order valence-electron chi connectivity index (χ3n) is 3.15. The summed E-state index contributed by atoms with van der Waals surface area (Å²) < 4.78 is -0.0648. The van der Waals surface area contributed by atoms with Crippen LogP contribution in [0.3, 0.4) is 0 Å². The van der Waals surface area contributed by atoms with Gasteiger partial charge in [0.25, 0.3) is 0 Å². The van der Waals surface area contributed by atoms with Gasteiger partial charge >= 0.3 is 168 Å². The van der Waals surface area contributed by atoms with Gasteiger partial charge in [0.05, 0.1) is 0 Å². The van der Waals surface area contributed by atoms with Crippen LogP contribution in [-0.2, 0) is 0 Å². The maximum absolute atomic E-state index is 6.08. The molecule has 0 aliphatic carbocycles. The first-order chi connectivity index (χ1) is 9.02. The van der Waals surface area contributed by atoms with Gasteiger partial charge in [-0.15, -0.1) is 0 Å². The molecular formula is B17I3. The third kappa shape index (κ3) is 7.04. The molecular weight excluding hydrogens is 565 g/mol. The molecule has 0 aromatic heterocycles. The van der Waals surface area contributed by atoms with E-state index in [9.17, 15) is 0 Å². The first kappa shape index (κ1) is 23.3. The Kier molecular flexibility index (Phi) is 12.8. The second kappa shape index (κ2) is 11.0. The van der Waals surface area contributed by atoms with Gasteiger partial charge in [-0.2, -0.15) is 0 Å². The van der Waals surface area contributed by atoms with E-state index in [2.05, 4.69) is 37.2 Å². The van der Waals surface area contributed by atoms with E-state index in [1.165, 1.54) is 0 Å². The molecule has 0 bridgehead atoms. The first-order valence-electron chi connectivity index (χ1n) is 5.84.